The molecule has 0 radical (unpaired) electrons. The van der Waals surface area contributed by atoms with E-state index in [0.29, 0.717) is 26.1 Å². The Balaban J connectivity index is 2.40. The lowest BCUT2D eigenvalue weighted by molar-refractivity contribution is -0.130. The number of hydrogen-bond acceptors (Lipinski definition) is 3. The Morgan fingerprint density at radius 3 is 2.75 bits per heavy atom. The SMILES string of the molecule is CN(CCC#N)C(=O)CN1CCN(C)C1=O. The number of carbonyl (C=O) groups is 2. The van der Waals surface area contributed by atoms with Crippen LogP contribution in [0.1, 0.15) is 6.42 Å². The first kappa shape index (κ1) is 12.3. The van der Waals surface area contributed by atoms with Gasteiger partial charge in [-0.1, -0.05) is 0 Å². The average molecular weight is 224 g/mol. The van der Waals surface area contributed by atoms with Crippen molar-refractivity contribution in [2.24, 2.45) is 0 Å². The molecule has 0 spiro atoms. The van der Waals surface area contributed by atoms with Gasteiger partial charge in [0.2, 0.25) is 5.91 Å². The number of nitriles is 1. The smallest absolute Gasteiger partial charge is 0.320 e. The number of rotatable bonds is 4. The van der Waals surface area contributed by atoms with Crippen LogP contribution in [0.2, 0.25) is 0 Å². The fourth-order valence-electron chi connectivity index (χ4n) is 1.48. The monoisotopic (exact) mass is 224 g/mol. The van der Waals surface area contributed by atoms with Crippen molar-refractivity contribution in [1.82, 2.24) is 14.7 Å². The summed E-state index contributed by atoms with van der Waals surface area (Å²) in [5.41, 5.74) is 0. The fraction of sp³-hybridized carbons (Fsp3) is 0.700. The highest BCUT2D eigenvalue weighted by molar-refractivity contribution is 5.84. The van der Waals surface area contributed by atoms with Crippen LogP contribution in [0.25, 0.3) is 0 Å². The van der Waals surface area contributed by atoms with Gasteiger partial charge < -0.3 is 14.7 Å². The third-order valence-electron chi connectivity index (χ3n) is 2.61. The third-order valence-corrected chi connectivity index (χ3v) is 2.61. The van der Waals surface area contributed by atoms with Crippen LogP contribution in [0.4, 0.5) is 4.79 Å². The minimum atomic E-state index is -0.126. The molecule has 0 bridgehead atoms. The number of amides is 3. The summed E-state index contributed by atoms with van der Waals surface area (Å²) in [6, 6.07) is 1.87. The van der Waals surface area contributed by atoms with Crippen LogP contribution in [0.15, 0.2) is 0 Å². The molecule has 1 heterocycles. The van der Waals surface area contributed by atoms with Crippen molar-refractivity contribution in [3.8, 4) is 6.07 Å². The molecule has 0 atom stereocenters. The summed E-state index contributed by atoms with van der Waals surface area (Å²) in [5.74, 6) is -0.126. The molecule has 16 heavy (non-hydrogen) atoms. The summed E-state index contributed by atoms with van der Waals surface area (Å²) >= 11 is 0. The van der Waals surface area contributed by atoms with E-state index in [1.54, 1.807) is 19.0 Å². The molecular weight excluding hydrogens is 208 g/mol. The molecule has 6 nitrogen and oxygen atoms in total. The molecule has 0 aromatic carbocycles. The Morgan fingerprint density at radius 2 is 2.25 bits per heavy atom. The summed E-state index contributed by atoms with van der Waals surface area (Å²) in [6.07, 6.45) is 0.316. The minimum Gasteiger partial charge on any atom is -0.343 e. The quantitative estimate of drug-likeness (QED) is 0.660. The van der Waals surface area contributed by atoms with E-state index in [4.69, 9.17) is 5.26 Å². The molecule has 88 valence electrons. The van der Waals surface area contributed by atoms with Crippen molar-refractivity contribution >= 4 is 11.9 Å². The van der Waals surface area contributed by atoms with Gasteiger partial charge in [-0.05, 0) is 0 Å². The topological polar surface area (TPSA) is 67.7 Å². The molecule has 0 aromatic rings. The first-order valence-electron chi connectivity index (χ1n) is 5.17. The van der Waals surface area contributed by atoms with Crippen LogP contribution in [-0.2, 0) is 4.79 Å². The van der Waals surface area contributed by atoms with Gasteiger partial charge in [0.1, 0.15) is 6.54 Å². The normalized spacial score (nSPS) is 15.2. The summed E-state index contributed by atoms with van der Waals surface area (Å²) in [4.78, 5) is 27.8. The molecule has 1 rings (SSSR count). The zero-order valence-electron chi connectivity index (χ0n) is 9.64. The third kappa shape index (κ3) is 2.86. The van der Waals surface area contributed by atoms with Crippen molar-refractivity contribution in [2.75, 3.05) is 40.3 Å². The van der Waals surface area contributed by atoms with E-state index in [2.05, 4.69) is 0 Å². The highest BCUT2D eigenvalue weighted by atomic mass is 16.2. The zero-order valence-corrected chi connectivity index (χ0v) is 9.64. The van der Waals surface area contributed by atoms with Gasteiger partial charge in [-0.15, -0.1) is 0 Å². The lowest BCUT2D eigenvalue weighted by Crippen LogP contribution is -2.40. The molecule has 6 heteroatoms. The molecule has 3 amide bonds. The van der Waals surface area contributed by atoms with Crippen molar-refractivity contribution in [1.29, 1.82) is 5.26 Å². The standard InChI is InChI=1S/C10H16N4O2/c1-12(5-3-4-11)9(15)8-14-7-6-13(2)10(14)16/h3,5-8H2,1-2H3. The molecule has 1 aliphatic rings. The van der Waals surface area contributed by atoms with Crippen molar-refractivity contribution in [3.05, 3.63) is 0 Å². The Kier molecular flexibility index (Phi) is 4.11. The van der Waals surface area contributed by atoms with Crippen LogP contribution in [-0.4, -0.2) is 66.9 Å². The summed E-state index contributed by atoms with van der Waals surface area (Å²) in [7, 11) is 3.36. The second-order valence-electron chi connectivity index (χ2n) is 3.85. The molecule has 0 aliphatic carbocycles. The average Bonchev–Trinajstić information content (AvgIpc) is 2.57. The van der Waals surface area contributed by atoms with Gasteiger partial charge in [0.05, 0.1) is 12.5 Å². The molecule has 0 saturated carbocycles. The zero-order chi connectivity index (χ0) is 12.1. The van der Waals surface area contributed by atoms with Crippen molar-refractivity contribution in [2.45, 2.75) is 6.42 Å². The van der Waals surface area contributed by atoms with Crippen LogP contribution in [0, 0.1) is 11.3 Å². The molecule has 1 fully saturated rings. The second-order valence-corrected chi connectivity index (χ2v) is 3.85. The number of carbonyl (C=O) groups excluding carboxylic acids is 2. The largest absolute Gasteiger partial charge is 0.343 e. The van der Waals surface area contributed by atoms with Gasteiger partial charge in [-0.3, -0.25) is 4.79 Å². The maximum absolute atomic E-state index is 11.7. The van der Waals surface area contributed by atoms with Gasteiger partial charge in [0.15, 0.2) is 0 Å². The van der Waals surface area contributed by atoms with Gasteiger partial charge in [-0.2, -0.15) is 5.26 Å². The Bertz CT molecular complexity index is 323. The van der Waals surface area contributed by atoms with Crippen LogP contribution < -0.4 is 0 Å². The van der Waals surface area contributed by atoms with E-state index in [1.165, 1.54) is 9.80 Å². The van der Waals surface area contributed by atoms with Gasteiger partial charge in [0, 0.05) is 33.7 Å². The van der Waals surface area contributed by atoms with Crippen LogP contribution in [0.5, 0.6) is 0 Å². The lowest BCUT2D eigenvalue weighted by atomic mass is 10.4. The minimum absolute atomic E-state index is 0.102. The first-order valence-corrected chi connectivity index (χ1v) is 5.17. The molecular formula is C10H16N4O2. The Labute approximate surface area is 95.0 Å². The van der Waals surface area contributed by atoms with E-state index in [-0.39, 0.29) is 18.5 Å². The van der Waals surface area contributed by atoms with E-state index >= 15 is 0 Å². The van der Waals surface area contributed by atoms with E-state index < -0.39 is 0 Å². The maximum atomic E-state index is 11.7. The molecule has 0 N–H and O–H groups in total. The fourth-order valence-corrected chi connectivity index (χ4v) is 1.48. The first-order chi connectivity index (χ1) is 7.56. The Hall–Kier alpha value is -1.77. The number of likely N-dealkylation sites (N-methyl/N-ethyl adjacent to an activating group) is 2. The number of nitrogens with zero attached hydrogens (tertiary/aromatic N) is 4. The number of hydrogen-bond donors (Lipinski definition) is 0. The predicted molar refractivity (Wildman–Crippen MR) is 57.5 cm³/mol. The second kappa shape index (κ2) is 5.35. The van der Waals surface area contributed by atoms with Crippen molar-refractivity contribution < 1.29 is 9.59 Å². The summed E-state index contributed by atoms with van der Waals surface area (Å²) in [6.45, 7) is 1.76. The van der Waals surface area contributed by atoms with Crippen LogP contribution >= 0.6 is 0 Å². The summed E-state index contributed by atoms with van der Waals surface area (Å²) < 4.78 is 0. The number of urea groups is 1. The summed E-state index contributed by atoms with van der Waals surface area (Å²) in [5, 5.41) is 8.40. The van der Waals surface area contributed by atoms with Crippen LogP contribution in [0.3, 0.4) is 0 Å². The molecule has 0 aromatic heterocycles. The Morgan fingerprint density at radius 1 is 1.56 bits per heavy atom. The molecule has 1 aliphatic heterocycles. The van der Waals surface area contributed by atoms with E-state index in [0.717, 1.165) is 0 Å². The van der Waals surface area contributed by atoms with Gasteiger partial charge >= 0.3 is 6.03 Å². The molecule has 1 saturated heterocycles. The lowest BCUT2D eigenvalue weighted by Gasteiger charge is -2.20. The van der Waals surface area contributed by atoms with Gasteiger partial charge in [0.25, 0.3) is 0 Å². The molecule has 0 unspecified atom stereocenters. The maximum Gasteiger partial charge on any atom is 0.320 e. The van der Waals surface area contributed by atoms with Gasteiger partial charge in [-0.25, -0.2) is 4.79 Å². The predicted octanol–water partition coefficient (Wildman–Crippen LogP) is -0.274. The van der Waals surface area contributed by atoms with Crippen molar-refractivity contribution in [3.63, 3.8) is 0 Å². The highest BCUT2D eigenvalue weighted by Gasteiger charge is 2.27. The highest BCUT2D eigenvalue weighted by Crippen LogP contribution is 2.05. The van der Waals surface area contributed by atoms with E-state index in [1.807, 2.05) is 6.07 Å². The van der Waals surface area contributed by atoms with E-state index in [9.17, 15) is 9.59 Å².